The first-order valence-electron chi connectivity index (χ1n) is 6.41. The van der Waals surface area contributed by atoms with Gasteiger partial charge in [-0.2, -0.15) is 0 Å². The summed E-state index contributed by atoms with van der Waals surface area (Å²) in [6, 6.07) is 8.80. The lowest BCUT2D eigenvalue weighted by Crippen LogP contribution is -2.30. The van der Waals surface area contributed by atoms with Crippen molar-refractivity contribution in [3.63, 3.8) is 0 Å². The van der Waals surface area contributed by atoms with Gasteiger partial charge in [0.15, 0.2) is 0 Å². The molecule has 2 rings (SSSR count). The number of hydrogen-bond donors (Lipinski definition) is 1. The second-order valence-corrected chi connectivity index (χ2v) is 4.81. The van der Waals surface area contributed by atoms with Crippen LogP contribution >= 0.6 is 0 Å². The van der Waals surface area contributed by atoms with Crippen molar-refractivity contribution in [2.75, 3.05) is 7.05 Å². The molecule has 0 aliphatic rings. The van der Waals surface area contributed by atoms with Crippen molar-refractivity contribution in [2.45, 2.75) is 13.0 Å². The van der Waals surface area contributed by atoms with Gasteiger partial charge >= 0.3 is 0 Å². The topological polar surface area (TPSA) is 40.5 Å². The van der Waals surface area contributed by atoms with Gasteiger partial charge in [0.05, 0.1) is 11.6 Å². The molecule has 0 heterocycles. The van der Waals surface area contributed by atoms with Gasteiger partial charge in [-0.25, -0.2) is 8.78 Å². The third kappa shape index (κ3) is 3.18. The largest absolute Gasteiger partial charge is 0.508 e. The fourth-order valence-electron chi connectivity index (χ4n) is 2.00. The molecule has 0 aromatic heterocycles. The fourth-order valence-corrected chi connectivity index (χ4v) is 2.00. The van der Waals surface area contributed by atoms with E-state index in [1.54, 1.807) is 19.1 Å². The maximum Gasteiger partial charge on any atom is 0.257 e. The number of rotatable bonds is 3. The van der Waals surface area contributed by atoms with Crippen molar-refractivity contribution in [1.82, 2.24) is 4.90 Å². The summed E-state index contributed by atoms with van der Waals surface area (Å²) >= 11 is 0. The number of carbonyl (C=O) groups excluding carboxylic acids is 1. The maximum absolute atomic E-state index is 13.7. The number of aromatic hydroxyl groups is 1. The summed E-state index contributed by atoms with van der Waals surface area (Å²) in [6.45, 7) is 1.77. The highest BCUT2D eigenvalue weighted by molar-refractivity contribution is 5.94. The van der Waals surface area contributed by atoms with E-state index in [-0.39, 0.29) is 17.4 Å². The van der Waals surface area contributed by atoms with E-state index >= 15 is 0 Å². The number of hydrogen-bond acceptors (Lipinski definition) is 2. The summed E-state index contributed by atoms with van der Waals surface area (Å²) < 4.78 is 26.8. The molecule has 110 valence electrons. The predicted molar refractivity (Wildman–Crippen MR) is 75.0 cm³/mol. The van der Waals surface area contributed by atoms with Crippen LogP contribution in [0.5, 0.6) is 5.75 Å². The number of phenolic OH excluding ortho intramolecular Hbond substituents is 1. The van der Waals surface area contributed by atoms with Crippen molar-refractivity contribution in [3.05, 3.63) is 65.2 Å². The van der Waals surface area contributed by atoms with Gasteiger partial charge in [0, 0.05) is 7.05 Å². The molecule has 1 amide bonds. The molecule has 1 atom stereocenters. The molecule has 1 unspecified atom stereocenters. The number of halogens is 2. The Morgan fingerprint density at radius 3 is 2.38 bits per heavy atom. The van der Waals surface area contributed by atoms with Crippen molar-refractivity contribution in [2.24, 2.45) is 0 Å². The Bertz CT molecular complexity index is 656. The third-order valence-electron chi connectivity index (χ3n) is 3.44. The number of benzene rings is 2. The Morgan fingerprint density at radius 1 is 1.14 bits per heavy atom. The monoisotopic (exact) mass is 291 g/mol. The molecule has 0 bridgehead atoms. The molecule has 3 nitrogen and oxygen atoms in total. The normalized spacial score (nSPS) is 12.0. The molecule has 2 aromatic carbocycles. The Kier molecular flexibility index (Phi) is 4.21. The van der Waals surface area contributed by atoms with Crippen molar-refractivity contribution >= 4 is 5.91 Å². The first-order valence-corrected chi connectivity index (χ1v) is 6.41. The van der Waals surface area contributed by atoms with Gasteiger partial charge in [-0.1, -0.05) is 12.1 Å². The molecule has 0 saturated heterocycles. The van der Waals surface area contributed by atoms with E-state index in [2.05, 4.69) is 0 Å². The molecule has 0 radical (unpaired) electrons. The minimum atomic E-state index is -0.758. The highest BCUT2D eigenvalue weighted by atomic mass is 19.1. The molecule has 0 fully saturated rings. The van der Waals surface area contributed by atoms with Crippen LogP contribution < -0.4 is 0 Å². The lowest BCUT2D eigenvalue weighted by molar-refractivity contribution is 0.0737. The standard InChI is InChI=1S/C16H15F2NO2/c1-10(11-3-6-13(20)7-4-11)19(2)16(21)14-9-12(17)5-8-15(14)18/h3-10,20H,1-2H3. The second kappa shape index (κ2) is 5.91. The predicted octanol–water partition coefficient (Wildman–Crippen LogP) is 3.50. The van der Waals surface area contributed by atoms with Gasteiger partial charge in [0.25, 0.3) is 5.91 Å². The minimum Gasteiger partial charge on any atom is -0.508 e. The smallest absolute Gasteiger partial charge is 0.257 e. The zero-order valence-corrected chi connectivity index (χ0v) is 11.7. The molecule has 21 heavy (non-hydrogen) atoms. The van der Waals surface area contributed by atoms with Crippen molar-refractivity contribution < 1.29 is 18.7 Å². The average Bonchev–Trinajstić information content (AvgIpc) is 2.48. The first-order chi connectivity index (χ1) is 9.90. The van der Waals surface area contributed by atoms with E-state index in [0.717, 1.165) is 23.8 Å². The van der Waals surface area contributed by atoms with Gasteiger partial charge in [0.1, 0.15) is 17.4 Å². The van der Waals surface area contributed by atoms with Crippen LogP contribution in [0.4, 0.5) is 8.78 Å². The van der Waals surface area contributed by atoms with Crippen LogP contribution in [-0.2, 0) is 0 Å². The summed E-state index contributed by atoms with van der Waals surface area (Å²) in [4.78, 5) is 13.6. The number of phenols is 1. The summed E-state index contributed by atoms with van der Waals surface area (Å²) in [5.41, 5.74) is 0.476. The average molecular weight is 291 g/mol. The number of amides is 1. The van der Waals surface area contributed by atoms with Crippen LogP contribution in [-0.4, -0.2) is 23.0 Å². The van der Waals surface area contributed by atoms with Crippen LogP contribution in [0, 0.1) is 11.6 Å². The lowest BCUT2D eigenvalue weighted by atomic mass is 10.1. The second-order valence-electron chi connectivity index (χ2n) is 4.81. The SMILES string of the molecule is CC(c1ccc(O)cc1)N(C)C(=O)c1cc(F)ccc1F. The molecule has 0 aliphatic heterocycles. The van der Waals surface area contributed by atoms with Gasteiger partial charge < -0.3 is 10.0 Å². The molecule has 0 aliphatic carbocycles. The number of carbonyl (C=O) groups is 1. The van der Waals surface area contributed by atoms with Crippen LogP contribution in [0.1, 0.15) is 28.9 Å². The quantitative estimate of drug-likeness (QED) is 0.940. The van der Waals surface area contributed by atoms with Gasteiger partial charge in [0.2, 0.25) is 0 Å². The third-order valence-corrected chi connectivity index (χ3v) is 3.44. The summed E-state index contributed by atoms with van der Waals surface area (Å²) in [7, 11) is 1.52. The summed E-state index contributed by atoms with van der Waals surface area (Å²) in [5.74, 6) is -1.90. The molecule has 0 saturated carbocycles. The van der Waals surface area contributed by atoms with Crippen molar-refractivity contribution in [3.8, 4) is 5.75 Å². The van der Waals surface area contributed by atoms with E-state index in [4.69, 9.17) is 0 Å². The zero-order valence-electron chi connectivity index (χ0n) is 11.7. The highest BCUT2D eigenvalue weighted by Gasteiger charge is 2.22. The summed E-state index contributed by atoms with van der Waals surface area (Å²) in [5, 5.41) is 9.26. The lowest BCUT2D eigenvalue weighted by Gasteiger charge is -2.25. The van der Waals surface area contributed by atoms with Crippen molar-refractivity contribution in [1.29, 1.82) is 0 Å². The molecular formula is C16H15F2NO2. The minimum absolute atomic E-state index is 0.121. The van der Waals surface area contributed by atoms with Gasteiger partial charge in [-0.15, -0.1) is 0 Å². The van der Waals surface area contributed by atoms with Crippen LogP contribution in [0.3, 0.4) is 0 Å². The Balaban J connectivity index is 2.26. The molecule has 2 aromatic rings. The van der Waals surface area contributed by atoms with E-state index < -0.39 is 17.5 Å². The zero-order chi connectivity index (χ0) is 15.6. The van der Waals surface area contributed by atoms with Crippen LogP contribution in [0.15, 0.2) is 42.5 Å². The molecule has 5 heteroatoms. The number of nitrogens with zero attached hydrogens (tertiary/aromatic N) is 1. The van der Waals surface area contributed by atoms with Crippen LogP contribution in [0.25, 0.3) is 0 Å². The molecular weight excluding hydrogens is 276 g/mol. The van der Waals surface area contributed by atoms with E-state index in [1.807, 2.05) is 0 Å². The van der Waals surface area contributed by atoms with E-state index in [1.165, 1.54) is 24.1 Å². The van der Waals surface area contributed by atoms with E-state index in [9.17, 15) is 18.7 Å². The van der Waals surface area contributed by atoms with Gasteiger partial charge in [-0.3, -0.25) is 4.79 Å². The van der Waals surface area contributed by atoms with Gasteiger partial charge in [-0.05, 0) is 42.8 Å². The van der Waals surface area contributed by atoms with E-state index in [0.29, 0.717) is 0 Å². The first kappa shape index (κ1) is 15.0. The fraction of sp³-hybridized carbons (Fsp3) is 0.188. The summed E-state index contributed by atoms with van der Waals surface area (Å²) in [6.07, 6.45) is 0. The molecule has 1 N–H and O–H groups in total. The highest BCUT2D eigenvalue weighted by Crippen LogP contribution is 2.23. The maximum atomic E-state index is 13.7. The van der Waals surface area contributed by atoms with Crippen LogP contribution in [0.2, 0.25) is 0 Å². The Morgan fingerprint density at radius 2 is 1.76 bits per heavy atom. The Hall–Kier alpha value is -2.43. The Labute approximate surface area is 121 Å². The molecule has 0 spiro atoms.